The Balaban J connectivity index is 1.40. The molecule has 0 radical (unpaired) electrons. The molecule has 3 heterocycles. The maximum atomic E-state index is 13.1. The molecule has 2 aromatic heterocycles. The zero-order valence-corrected chi connectivity index (χ0v) is 16.3. The SMILES string of the molecule is CCCc1nnsc1C(=O)N1CCC(c2nnc(-c3ccc(F)cc3)o2)CC1. The minimum atomic E-state index is -0.307. The van der Waals surface area contributed by atoms with Crippen LogP contribution < -0.4 is 0 Å². The van der Waals surface area contributed by atoms with E-state index in [0.29, 0.717) is 35.3 Å². The van der Waals surface area contributed by atoms with Gasteiger partial charge >= 0.3 is 0 Å². The summed E-state index contributed by atoms with van der Waals surface area (Å²) in [5.74, 6) is 0.764. The fourth-order valence-electron chi connectivity index (χ4n) is 3.35. The fourth-order valence-corrected chi connectivity index (χ4v) is 4.03. The smallest absolute Gasteiger partial charge is 0.267 e. The summed E-state index contributed by atoms with van der Waals surface area (Å²) >= 11 is 1.17. The Morgan fingerprint density at radius 3 is 2.68 bits per heavy atom. The second-order valence-corrected chi connectivity index (χ2v) is 7.57. The number of aryl methyl sites for hydroxylation is 1. The molecule has 4 rings (SSSR count). The molecule has 0 unspecified atom stereocenters. The van der Waals surface area contributed by atoms with Crippen molar-refractivity contribution in [1.29, 1.82) is 0 Å². The molecule has 0 atom stereocenters. The van der Waals surface area contributed by atoms with Crippen molar-refractivity contribution in [3.8, 4) is 11.5 Å². The number of rotatable bonds is 5. The van der Waals surface area contributed by atoms with Crippen LogP contribution in [0.15, 0.2) is 28.7 Å². The van der Waals surface area contributed by atoms with E-state index in [-0.39, 0.29) is 17.6 Å². The maximum absolute atomic E-state index is 13.1. The third-order valence-corrected chi connectivity index (χ3v) is 5.66. The number of hydrogen-bond acceptors (Lipinski definition) is 7. The lowest BCUT2D eigenvalue weighted by atomic mass is 9.96. The van der Waals surface area contributed by atoms with Gasteiger partial charge in [-0.2, -0.15) is 0 Å². The number of benzene rings is 1. The molecule has 0 saturated carbocycles. The minimum absolute atomic E-state index is 0.00873. The molecule has 1 amide bonds. The van der Waals surface area contributed by atoms with Crippen molar-refractivity contribution < 1.29 is 13.6 Å². The Morgan fingerprint density at radius 2 is 1.96 bits per heavy atom. The summed E-state index contributed by atoms with van der Waals surface area (Å²) in [6.07, 6.45) is 3.21. The second-order valence-electron chi connectivity index (χ2n) is 6.82. The number of carbonyl (C=O) groups excluding carboxylic acids is 1. The molecule has 9 heteroatoms. The number of amides is 1. The lowest BCUT2D eigenvalue weighted by Gasteiger charge is -2.30. The van der Waals surface area contributed by atoms with E-state index >= 15 is 0 Å². The first-order valence-electron chi connectivity index (χ1n) is 9.35. The average molecular weight is 401 g/mol. The molecule has 1 aliphatic heterocycles. The van der Waals surface area contributed by atoms with Crippen LogP contribution in [-0.2, 0) is 6.42 Å². The molecule has 1 fully saturated rings. The summed E-state index contributed by atoms with van der Waals surface area (Å²) in [6, 6.07) is 5.96. The van der Waals surface area contributed by atoms with E-state index in [4.69, 9.17) is 4.42 Å². The Labute approximate surface area is 165 Å². The molecule has 1 saturated heterocycles. The van der Waals surface area contributed by atoms with Crippen molar-refractivity contribution in [3.63, 3.8) is 0 Å². The molecule has 1 aliphatic rings. The van der Waals surface area contributed by atoms with Crippen molar-refractivity contribution >= 4 is 17.4 Å². The van der Waals surface area contributed by atoms with E-state index in [1.807, 2.05) is 4.90 Å². The van der Waals surface area contributed by atoms with Gasteiger partial charge in [0.1, 0.15) is 10.7 Å². The Kier molecular flexibility index (Phi) is 5.43. The molecule has 0 bridgehead atoms. The molecule has 0 spiro atoms. The van der Waals surface area contributed by atoms with Gasteiger partial charge in [-0.1, -0.05) is 17.8 Å². The van der Waals surface area contributed by atoms with Gasteiger partial charge in [-0.3, -0.25) is 4.79 Å². The van der Waals surface area contributed by atoms with Gasteiger partial charge in [0.25, 0.3) is 5.91 Å². The van der Waals surface area contributed by atoms with Gasteiger partial charge in [-0.05, 0) is 55.1 Å². The van der Waals surface area contributed by atoms with E-state index in [1.54, 1.807) is 12.1 Å². The van der Waals surface area contributed by atoms with Crippen molar-refractivity contribution in [2.24, 2.45) is 0 Å². The zero-order chi connectivity index (χ0) is 19.5. The van der Waals surface area contributed by atoms with E-state index in [9.17, 15) is 9.18 Å². The van der Waals surface area contributed by atoms with Gasteiger partial charge in [-0.25, -0.2) is 4.39 Å². The van der Waals surface area contributed by atoms with Crippen molar-refractivity contribution in [3.05, 3.63) is 46.5 Å². The highest BCUT2D eigenvalue weighted by Gasteiger charge is 2.30. The molecule has 3 aromatic rings. The predicted octanol–water partition coefficient (Wildman–Crippen LogP) is 3.70. The highest BCUT2D eigenvalue weighted by molar-refractivity contribution is 7.08. The summed E-state index contributed by atoms with van der Waals surface area (Å²) in [5.41, 5.74) is 1.48. The number of carbonyl (C=O) groups is 1. The van der Waals surface area contributed by atoms with Crippen molar-refractivity contribution in [2.75, 3.05) is 13.1 Å². The quantitative estimate of drug-likeness (QED) is 0.648. The zero-order valence-electron chi connectivity index (χ0n) is 15.5. The molecular weight excluding hydrogens is 381 g/mol. The van der Waals surface area contributed by atoms with E-state index in [1.165, 1.54) is 23.7 Å². The topological polar surface area (TPSA) is 85.0 Å². The summed E-state index contributed by atoms with van der Waals surface area (Å²) in [7, 11) is 0. The molecule has 146 valence electrons. The lowest BCUT2D eigenvalue weighted by molar-refractivity contribution is 0.0710. The van der Waals surface area contributed by atoms with Crippen LogP contribution >= 0.6 is 11.5 Å². The summed E-state index contributed by atoms with van der Waals surface area (Å²) < 4.78 is 22.8. The van der Waals surface area contributed by atoms with Gasteiger partial charge in [0.15, 0.2) is 0 Å². The van der Waals surface area contributed by atoms with E-state index < -0.39 is 0 Å². The monoisotopic (exact) mass is 401 g/mol. The van der Waals surface area contributed by atoms with Crippen LogP contribution in [-0.4, -0.2) is 43.7 Å². The van der Waals surface area contributed by atoms with Crippen molar-refractivity contribution in [2.45, 2.75) is 38.5 Å². The Morgan fingerprint density at radius 1 is 1.21 bits per heavy atom. The molecule has 28 heavy (non-hydrogen) atoms. The third-order valence-electron chi connectivity index (χ3n) is 4.90. The molecule has 1 aromatic carbocycles. The highest BCUT2D eigenvalue weighted by atomic mass is 32.1. The predicted molar refractivity (Wildman–Crippen MR) is 101 cm³/mol. The highest BCUT2D eigenvalue weighted by Crippen LogP contribution is 2.30. The van der Waals surface area contributed by atoms with Gasteiger partial charge in [0, 0.05) is 24.6 Å². The van der Waals surface area contributed by atoms with Crippen LogP contribution in [0.3, 0.4) is 0 Å². The molecule has 0 aliphatic carbocycles. The standard InChI is InChI=1S/C19H20FN5O2S/c1-2-3-15-16(28-24-21-15)19(26)25-10-8-13(9-11-25)18-23-22-17(27-18)12-4-6-14(20)7-5-12/h4-7,13H,2-3,8-11H2,1H3. The molecule has 7 nitrogen and oxygen atoms in total. The van der Waals surface area contributed by atoms with Gasteiger partial charge < -0.3 is 9.32 Å². The van der Waals surface area contributed by atoms with Crippen LogP contribution in [0.5, 0.6) is 0 Å². The van der Waals surface area contributed by atoms with E-state index in [0.717, 1.165) is 31.4 Å². The van der Waals surface area contributed by atoms with Gasteiger partial charge in [0.05, 0.1) is 5.69 Å². The number of halogens is 1. The number of likely N-dealkylation sites (tertiary alicyclic amines) is 1. The lowest BCUT2D eigenvalue weighted by Crippen LogP contribution is -2.38. The third kappa shape index (κ3) is 3.80. The number of aromatic nitrogens is 4. The number of hydrogen-bond donors (Lipinski definition) is 0. The summed E-state index contributed by atoms with van der Waals surface area (Å²) in [6.45, 7) is 3.31. The van der Waals surface area contributed by atoms with Crippen LogP contribution in [0.1, 0.15) is 53.4 Å². The average Bonchev–Trinajstić information content (AvgIpc) is 3.38. The normalized spacial score (nSPS) is 15.1. The number of nitrogens with zero attached hydrogens (tertiary/aromatic N) is 5. The first-order valence-corrected chi connectivity index (χ1v) is 10.1. The summed E-state index contributed by atoms with van der Waals surface area (Å²) in [5, 5.41) is 12.3. The van der Waals surface area contributed by atoms with Crippen LogP contribution in [0.4, 0.5) is 4.39 Å². The second kappa shape index (κ2) is 8.14. The molecular formula is C19H20FN5O2S. The first kappa shape index (κ1) is 18.7. The number of piperidine rings is 1. The Bertz CT molecular complexity index is 947. The minimum Gasteiger partial charge on any atom is -0.420 e. The van der Waals surface area contributed by atoms with Crippen LogP contribution in [0.25, 0.3) is 11.5 Å². The maximum Gasteiger partial charge on any atom is 0.267 e. The van der Waals surface area contributed by atoms with Gasteiger partial charge in [0.2, 0.25) is 11.8 Å². The van der Waals surface area contributed by atoms with Crippen LogP contribution in [0, 0.1) is 5.82 Å². The largest absolute Gasteiger partial charge is 0.420 e. The molecule has 0 N–H and O–H groups in total. The first-order chi connectivity index (χ1) is 13.7. The van der Waals surface area contributed by atoms with Crippen LogP contribution in [0.2, 0.25) is 0 Å². The van der Waals surface area contributed by atoms with E-state index in [2.05, 4.69) is 26.7 Å². The van der Waals surface area contributed by atoms with Gasteiger partial charge in [-0.15, -0.1) is 15.3 Å². The Hall–Kier alpha value is -2.68. The summed E-state index contributed by atoms with van der Waals surface area (Å²) in [4.78, 5) is 15.3. The fraction of sp³-hybridized carbons (Fsp3) is 0.421. The van der Waals surface area contributed by atoms with Crippen molar-refractivity contribution in [1.82, 2.24) is 24.7 Å².